The number of methoxy groups -OCH3 is 1. The molecule has 4 aromatic rings. The average Bonchev–Trinajstić information content (AvgIpc) is 3.76. The number of benzene rings is 3. The number of piperazine rings is 1. The average molecular weight is 756 g/mol. The van der Waals surface area contributed by atoms with Crippen molar-refractivity contribution in [3.8, 4) is 11.4 Å². The number of hydrogen-bond donors (Lipinski definition) is 1. The van der Waals surface area contributed by atoms with Crippen molar-refractivity contribution >= 4 is 17.8 Å². The smallest absolute Gasteiger partial charge is 0.320 e. The van der Waals surface area contributed by atoms with E-state index in [9.17, 15) is 18.8 Å². The van der Waals surface area contributed by atoms with E-state index in [0.717, 1.165) is 17.7 Å². The third-order valence-corrected chi connectivity index (χ3v) is 10.8. The van der Waals surface area contributed by atoms with Gasteiger partial charge in [-0.3, -0.25) is 24.7 Å². The van der Waals surface area contributed by atoms with E-state index in [2.05, 4.69) is 25.9 Å². The molecule has 6 rings (SSSR count). The number of likely N-dealkylation sites (tertiary alicyclic amines) is 1. The van der Waals surface area contributed by atoms with Crippen LogP contribution in [0.4, 0.5) is 4.39 Å². The number of ether oxygens (including phenoxy) is 2. The summed E-state index contributed by atoms with van der Waals surface area (Å²) in [6.07, 6.45) is 3.46. The second kappa shape index (κ2) is 18.4. The largest absolute Gasteiger partial charge is 0.496 e. The minimum atomic E-state index is -0.696. The molecule has 2 saturated heterocycles. The molecule has 15 heteroatoms. The van der Waals surface area contributed by atoms with Gasteiger partial charge in [-0.2, -0.15) is 0 Å². The van der Waals surface area contributed by atoms with Gasteiger partial charge >= 0.3 is 5.97 Å². The van der Waals surface area contributed by atoms with E-state index in [4.69, 9.17) is 9.47 Å². The fourth-order valence-electron chi connectivity index (χ4n) is 7.56. The number of aromatic nitrogens is 4. The molecule has 0 bridgehead atoms. The summed E-state index contributed by atoms with van der Waals surface area (Å²) in [6, 6.07) is 21.7. The van der Waals surface area contributed by atoms with E-state index in [1.807, 2.05) is 40.2 Å². The van der Waals surface area contributed by atoms with Gasteiger partial charge in [0, 0.05) is 45.7 Å². The summed E-state index contributed by atoms with van der Waals surface area (Å²) in [5.74, 6) is -0.445. The summed E-state index contributed by atoms with van der Waals surface area (Å²) in [5, 5.41) is 13.3. The maximum atomic E-state index is 14.2. The van der Waals surface area contributed by atoms with Gasteiger partial charge in [0.05, 0.1) is 36.9 Å². The van der Waals surface area contributed by atoms with Gasteiger partial charge in [0.25, 0.3) is 5.91 Å². The van der Waals surface area contributed by atoms with Crippen molar-refractivity contribution in [2.24, 2.45) is 0 Å². The van der Waals surface area contributed by atoms with E-state index in [-0.39, 0.29) is 36.1 Å². The number of carbonyl (C=O) groups is 3. The van der Waals surface area contributed by atoms with Crippen LogP contribution in [0, 0.1) is 5.82 Å². The molecule has 1 N–H and O–H groups in total. The van der Waals surface area contributed by atoms with Crippen molar-refractivity contribution in [2.75, 3.05) is 79.7 Å². The van der Waals surface area contributed by atoms with Gasteiger partial charge in [0.1, 0.15) is 17.9 Å². The SMILES string of the molecule is CCOC(=O)CN1CCN(NC(=O)C2(c3ccccc3)CCN(CCC(CN(C)C(=O)c3cc(-n4cnnn4)ccc3OC)c3ccc(F)cc3)CC2)CC1. The lowest BCUT2D eigenvalue weighted by atomic mass is 9.72. The molecule has 2 aliphatic heterocycles. The Morgan fingerprint density at radius 2 is 1.67 bits per heavy atom. The highest BCUT2D eigenvalue weighted by Gasteiger charge is 2.43. The lowest BCUT2D eigenvalue weighted by Gasteiger charge is -2.43. The number of rotatable bonds is 15. The number of nitrogens with one attached hydrogen (secondary N) is 1. The van der Waals surface area contributed by atoms with Crippen LogP contribution >= 0.6 is 0 Å². The monoisotopic (exact) mass is 755 g/mol. The Kier molecular flexibility index (Phi) is 13.2. The molecule has 292 valence electrons. The van der Waals surface area contributed by atoms with Gasteiger partial charge in [-0.15, -0.1) is 5.10 Å². The van der Waals surface area contributed by atoms with Crippen LogP contribution in [0.25, 0.3) is 5.69 Å². The molecular weight excluding hydrogens is 705 g/mol. The van der Waals surface area contributed by atoms with Gasteiger partial charge in [-0.05, 0) is 97.7 Å². The Hall–Kier alpha value is -5.25. The van der Waals surface area contributed by atoms with E-state index < -0.39 is 5.41 Å². The van der Waals surface area contributed by atoms with Crippen LogP contribution in [-0.4, -0.2) is 137 Å². The molecule has 2 fully saturated rings. The van der Waals surface area contributed by atoms with Gasteiger partial charge < -0.3 is 19.3 Å². The first-order chi connectivity index (χ1) is 26.7. The lowest BCUT2D eigenvalue weighted by Crippen LogP contribution is -2.59. The van der Waals surface area contributed by atoms with Crippen LogP contribution < -0.4 is 10.2 Å². The quantitative estimate of drug-likeness (QED) is 0.179. The molecule has 1 aromatic heterocycles. The highest BCUT2D eigenvalue weighted by atomic mass is 19.1. The van der Waals surface area contributed by atoms with Crippen LogP contribution in [0.2, 0.25) is 0 Å². The predicted octanol–water partition coefficient (Wildman–Crippen LogP) is 3.30. The standard InChI is InChI=1S/C40H50FN9O5/c1-4-55-37(51)28-48-22-24-49(25-23-48)43-39(53)40(32-8-6-5-7-9-32)17-20-47(21-18-40)19-16-31(30-10-12-33(41)13-11-30)27-46(2)38(52)35-26-34(14-15-36(35)54-3)50-29-42-44-45-50/h5-15,26,29,31H,4,16-25,27-28H2,1-3H3,(H,43,53). The second-order valence-electron chi connectivity index (χ2n) is 14.2. The zero-order chi connectivity index (χ0) is 38.8. The molecular formula is C40H50FN9O5. The van der Waals surface area contributed by atoms with Crippen molar-refractivity contribution in [2.45, 2.75) is 37.5 Å². The minimum absolute atomic E-state index is 0.0129. The summed E-state index contributed by atoms with van der Waals surface area (Å²) >= 11 is 0. The third kappa shape index (κ3) is 9.71. The van der Waals surface area contributed by atoms with Crippen LogP contribution in [0.5, 0.6) is 5.75 Å². The van der Waals surface area contributed by atoms with Gasteiger partial charge in [-0.1, -0.05) is 42.5 Å². The van der Waals surface area contributed by atoms with Crippen molar-refractivity contribution in [1.82, 2.24) is 45.3 Å². The maximum Gasteiger partial charge on any atom is 0.320 e. The van der Waals surface area contributed by atoms with E-state index >= 15 is 0 Å². The van der Waals surface area contributed by atoms with E-state index in [1.54, 1.807) is 49.2 Å². The first-order valence-electron chi connectivity index (χ1n) is 18.8. The number of hydrogen-bond acceptors (Lipinski definition) is 11. The number of halogens is 1. The Morgan fingerprint density at radius 3 is 2.33 bits per heavy atom. The summed E-state index contributed by atoms with van der Waals surface area (Å²) in [7, 11) is 3.28. The molecule has 0 spiro atoms. The first kappa shape index (κ1) is 39.4. The molecule has 14 nitrogen and oxygen atoms in total. The van der Waals surface area contributed by atoms with Gasteiger partial charge in [0.2, 0.25) is 5.91 Å². The number of tetrazole rings is 1. The number of amides is 2. The van der Waals surface area contributed by atoms with Crippen LogP contribution in [0.15, 0.2) is 79.1 Å². The van der Waals surface area contributed by atoms with Gasteiger partial charge in [-0.25, -0.2) is 14.1 Å². The second-order valence-corrected chi connectivity index (χ2v) is 14.2. The molecule has 2 aliphatic rings. The summed E-state index contributed by atoms with van der Waals surface area (Å²) < 4.78 is 26.2. The maximum absolute atomic E-state index is 14.2. The minimum Gasteiger partial charge on any atom is -0.496 e. The highest BCUT2D eigenvalue weighted by Crippen LogP contribution is 2.37. The lowest BCUT2D eigenvalue weighted by molar-refractivity contribution is -0.145. The number of nitrogens with zero attached hydrogens (tertiary/aromatic N) is 8. The summed E-state index contributed by atoms with van der Waals surface area (Å²) in [5.41, 5.74) is 5.47. The Balaban J connectivity index is 1.11. The Labute approximate surface area is 321 Å². The van der Waals surface area contributed by atoms with Crippen LogP contribution in [0.3, 0.4) is 0 Å². The van der Waals surface area contributed by atoms with Crippen molar-refractivity contribution < 1.29 is 28.2 Å². The fourth-order valence-corrected chi connectivity index (χ4v) is 7.56. The van der Waals surface area contributed by atoms with Crippen molar-refractivity contribution in [3.63, 3.8) is 0 Å². The predicted molar refractivity (Wildman–Crippen MR) is 203 cm³/mol. The van der Waals surface area contributed by atoms with Gasteiger partial charge in [0.15, 0.2) is 0 Å². The number of piperidine rings is 1. The highest BCUT2D eigenvalue weighted by molar-refractivity contribution is 5.97. The summed E-state index contributed by atoms with van der Waals surface area (Å²) in [6.45, 7) is 7.48. The van der Waals surface area contributed by atoms with Crippen LogP contribution in [0.1, 0.15) is 53.6 Å². The molecule has 3 aromatic carbocycles. The number of carbonyl (C=O) groups excluding carboxylic acids is 3. The molecule has 0 radical (unpaired) electrons. The fraction of sp³-hybridized carbons (Fsp3) is 0.450. The Bertz CT molecular complexity index is 1860. The topological polar surface area (TPSA) is 138 Å². The zero-order valence-corrected chi connectivity index (χ0v) is 31.8. The van der Waals surface area contributed by atoms with Crippen molar-refractivity contribution in [1.29, 1.82) is 0 Å². The molecule has 55 heavy (non-hydrogen) atoms. The third-order valence-electron chi connectivity index (χ3n) is 10.8. The number of likely N-dealkylation sites (N-methyl/N-ethyl adjacent to an activating group) is 1. The molecule has 0 saturated carbocycles. The molecule has 1 unspecified atom stereocenters. The zero-order valence-electron chi connectivity index (χ0n) is 31.8. The van der Waals surface area contributed by atoms with Crippen molar-refractivity contribution in [3.05, 3.63) is 102 Å². The number of esters is 1. The summed E-state index contributed by atoms with van der Waals surface area (Å²) in [4.78, 5) is 46.2. The number of hydrazine groups is 1. The molecule has 3 heterocycles. The molecule has 0 aliphatic carbocycles. The first-order valence-corrected chi connectivity index (χ1v) is 18.8. The normalized spacial score (nSPS) is 16.9. The molecule has 2 amide bonds. The van der Waals surface area contributed by atoms with E-state index in [0.29, 0.717) is 88.7 Å². The van der Waals surface area contributed by atoms with Crippen LogP contribution in [-0.2, 0) is 19.7 Å². The van der Waals surface area contributed by atoms with E-state index in [1.165, 1.54) is 30.3 Å². The Morgan fingerprint density at radius 1 is 0.945 bits per heavy atom. The molecule has 1 atom stereocenters.